The van der Waals surface area contributed by atoms with E-state index in [1.165, 1.54) is 0 Å². The van der Waals surface area contributed by atoms with E-state index >= 15 is 0 Å². The van der Waals surface area contributed by atoms with Gasteiger partial charge in [0, 0.05) is 0 Å². The summed E-state index contributed by atoms with van der Waals surface area (Å²) in [6, 6.07) is 27.0. The molecule has 0 spiro atoms. The molecular formula is C26H22O2. The first-order chi connectivity index (χ1) is 13.7. The Bertz CT molecular complexity index is 1080. The summed E-state index contributed by atoms with van der Waals surface area (Å²) in [5.41, 5.74) is 1.88. The fourth-order valence-corrected chi connectivity index (χ4v) is 4.85. The summed E-state index contributed by atoms with van der Waals surface area (Å²) in [5, 5.41) is 24.8. The van der Waals surface area contributed by atoms with Crippen molar-refractivity contribution in [3.8, 4) is 0 Å². The van der Waals surface area contributed by atoms with Gasteiger partial charge in [-0.15, -0.1) is 0 Å². The summed E-state index contributed by atoms with van der Waals surface area (Å²) < 4.78 is 0. The maximum atomic E-state index is 12.4. The summed E-state index contributed by atoms with van der Waals surface area (Å²) in [5.74, 6) is 0. The van der Waals surface area contributed by atoms with E-state index in [0.29, 0.717) is 17.5 Å². The third kappa shape index (κ3) is 2.16. The minimum Gasteiger partial charge on any atom is -0.377 e. The molecule has 0 radical (unpaired) electrons. The third-order valence-electron chi connectivity index (χ3n) is 6.12. The van der Waals surface area contributed by atoms with Gasteiger partial charge in [-0.1, -0.05) is 97.1 Å². The molecule has 3 aromatic rings. The van der Waals surface area contributed by atoms with Gasteiger partial charge in [0.15, 0.2) is 5.60 Å². The van der Waals surface area contributed by atoms with Crippen LogP contribution in [-0.4, -0.2) is 10.2 Å². The molecule has 0 fully saturated rings. The Morgan fingerprint density at radius 1 is 0.643 bits per heavy atom. The number of hydrogen-bond donors (Lipinski definition) is 2. The molecule has 0 aliphatic heterocycles. The molecule has 2 aliphatic rings. The summed E-state index contributed by atoms with van der Waals surface area (Å²) in [7, 11) is 0. The average molecular weight is 366 g/mol. The van der Waals surface area contributed by atoms with Crippen molar-refractivity contribution in [2.45, 2.75) is 24.0 Å². The average Bonchev–Trinajstić information content (AvgIpc) is 2.78. The summed E-state index contributed by atoms with van der Waals surface area (Å²) in [6.07, 6.45) is 5.80. The molecule has 2 atom stereocenters. The predicted molar refractivity (Wildman–Crippen MR) is 112 cm³/mol. The number of fused-ring (bicyclic) bond motifs is 2. The monoisotopic (exact) mass is 366 g/mol. The fraction of sp³-hybridized carbons (Fsp3) is 0.154. The first-order valence-electron chi connectivity index (χ1n) is 9.73. The van der Waals surface area contributed by atoms with Crippen LogP contribution < -0.4 is 0 Å². The standard InChI is InChI=1S/C26H22O2/c27-25(19-11-3-1-4-12-19)23-17-9-7-15-21(23)22-16-8-10-18-24(22)26(25,28)20-13-5-2-6-14-20/h1-9,11-17,27-28H,10,18H2. The van der Waals surface area contributed by atoms with Gasteiger partial charge in [0.05, 0.1) is 0 Å². The molecule has 138 valence electrons. The van der Waals surface area contributed by atoms with E-state index in [1.807, 2.05) is 84.9 Å². The lowest BCUT2D eigenvalue weighted by Crippen LogP contribution is -2.54. The number of rotatable bonds is 2. The van der Waals surface area contributed by atoms with Crippen molar-refractivity contribution in [1.82, 2.24) is 0 Å². The zero-order valence-electron chi connectivity index (χ0n) is 15.5. The zero-order valence-corrected chi connectivity index (χ0v) is 15.5. The number of allylic oxidation sites excluding steroid dienone is 3. The Hall–Kier alpha value is -2.94. The Labute approximate surface area is 165 Å². The van der Waals surface area contributed by atoms with Crippen LogP contribution in [0.4, 0.5) is 0 Å². The van der Waals surface area contributed by atoms with E-state index in [0.717, 1.165) is 28.7 Å². The molecule has 0 amide bonds. The highest BCUT2D eigenvalue weighted by atomic mass is 16.4. The van der Waals surface area contributed by atoms with Gasteiger partial charge in [0.2, 0.25) is 0 Å². The Kier molecular flexibility index (Phi) is 3.87. The van der Waals surface area contributed by atoms with E-state index in [-0.39, 0.29) is 0 Å². The minimum absolute atomic E-state index is 0.690. The normalized spacial score (nSPS) is 25.9. The van der Waals surface area contributed by atoms with E-state index in [1.54, 1.807) is 0 Å². The molecule has 2 aliphatic carbocycles. The van der Waals surface area contributed by atoms with Crippen LogP contribution in [0.1, 0.15) is 35.1 Å². The van der Waals surface area contributed by atoms with Crippen molar-refractivity contribution in [3.63, 3.8) is 0 Å². The molecule has 0 heterocycles. The predicted octanol–water partition coefficient (Wildman–Crippen LogP) is 4.93. The molecule has 0 bridgehead atoms. The van der Waals surface area contributed by atoms with Gasteiger partial charge in [-0.05, 0) is 46.2 Å². The third-order valence-corrected chi connectivity index (χ3v) is 6.12. The quantitative estimate of drug-likeness (QED) is 0.675. The smallest absolute Gasteiger partial charge is 0.152 e. The van der Waals surface area contributed by atoms with Gasteiger partial charge in [0.1, 0.15) is 5.60 Å². The highest BCUT2D eigenvalue weighted by Crippen LogP contribution is 2.58. The molecule has 28 heavy (non-hydrogen) atoms. The van der Waals surface area contributed by atoms with Crippen molar-refractivity contribution in [3.05, 3.63) is 125 Å². The maximum Gasteiger partial charge on any atom is 0.152 e. The Morgan fingerprint density at radius 2 is 1.21 bits per heavy atom. The summed E-state index contributed by atoms with van der Waals surface area (Å²) >= 11 is 0. The van der Waals surface area contributed by atoms with Crippen LogP contribution in [0.25, 0.3) is 5.57 Å². The van der Waals surface area contributed by atoms with Crippen molar-refractivity contribution < 1.29 is 10.2 Å². The maximum absolute atomic E-state index is 12.4. The molecule has 2 N–H and O–H groups in total. The SMILES string of the molecule is OC1(c2ccccc2)C2=C(C=CCC2)c2ccccc2C1(O)c1ccccc1. The number of benzene rings is 3. The van der Waals surface area contributed by atoms with Gasteiger partial charge in [-0.3, -0.25) is 0 Å². The Balaban J connectivity index is 1.93. The second-order valence-electron chi connectivity index (χ2n) is 7.53. The molecule has 0 saturated carbocycles. The van der Waals surface area contributed by atoms with Crippen LogP contribution in [0.2, 0.25) is 0 Å². The van der Waals surface area contributed by atoms with Crippen LogP contribution in [0.5, 0.6) is 0 Å². The van der Waals surface area contributed by atoms with Gasteiger partial charge in [-0.2, -0.15) is 0 Å². The molecule has 2 unspecified atom stereocenters. The van der Waals surface area contributed by atoms with Crippen LogP contribution in [0.3, 0.4) is 0 Å². The van der Waals surface area contributed by atoms with Gasteiger partial charge >= 0.3 is 0 Å². The summed E-state index contributed by atoms with van der Waals surface area (Å²) in [4.78, 5) is 0. The highest BCUT2D eigenvalue weighted by molar-refractivity contribution is 5.85. The molecule has 0 saturated heterocycles. The second-order valence-corrected chi connectivity index (χ2v) is 7.53. The van der Waals surface area contributed by atoms with Crippen LogP contribution in [0, 0.1) is 0 Å². The largest absolute Gasteiger partial charge is 0.377 e. The molecule has 2 nitrogen and oxygen atoms in total. The molecule has 2 heteroatoms. The van der Waals surface area contributed by atoms with Gasteiger partial charge < -0.3 is 10.2 Å². The zero-order chi connectivity index (χ0) is 19.2. The first-order valence-corrected chi connectivity index (χ1v) is 9.73. The van der Waals surface area contributed by atoms with Gasteiger partial charge in [0.25, 0.3) is 0 Å². The molecule has 3 aromatic carbocycles. The van der Waals surface area contributed by atoms with Gasteiger partial charge in [-0.25, -0.2) is 0 Å². The molecular weight excluding hydrogens is 344 g/mol. The molecule has 5 rings (SSSR count). The number of aliphatic hydroxyl groups is 2. The topological polar surface area (TPSA) is 40.5 Å². The van der Waals surface area contributed by atoms with Crippen molar-refractivity contribution in [2.24, 2.45) is 0 Å². The van der Waals surface area contributed by atoms with Crippen LogP contribution >= 0.6 is 0 Å². The van der Waals surface area contributed by atoms with Crippen molar-refractivity contribution >= 4 is 5.57 Å². The van der Waals surface area contributed by atoms with Crippen molar-refractivity contribution in [1.29, 1.82) is 0 Å². The first kappa shape index (κ1) is 17.2. The van der Waals surface area contributed by atoms with Crippen molar-refractivity contribution in [2.75, 3.05) is 0 Å². The van der Waals surface area contributed by atoms with E-state index in [9.17, 15) is 10.2 Å². The lowest BCUT2D eigenvalue weighted by molar-refractivity contribution is -0.118. The Morgan fingerprint density at radius 3 is 1.89 bits per heavy atom. The molecule has 0 aromatic heterocycles. The summed E-state index contributed by atoms with van der Waals surface area (Å²) in [6.45, 7) is 0. The van der Waals surface area contributed by atoms with Crippen LogP contribution in [0.15, 0.2) is 103 Å². The number of hydrogen-bond acceptors (Lipinski definition) is 2. The van der Waals surface area contributed by atoms with E-state index in [2.05, 4.69) is 12.2 Å². The lowest BCUT2D eigenvalue weighted by Gasteiger charge is -2.51. The van der Waals surface area contributed by atoms with E-state index in [4.69, 9.17) is 0 Å². The minimum atomic E-state index is -1.59. The van der Waals surface area contributed by atoms with E-state index < -0.39 is 11.2 Å². The second kappa shape index (κ2) is 6.30. The lowest BCUT2D eigenvalue weighted by atomic mass is 9.59. The highest BCUT2D eigenvalue weighted by Gasteiger charge is 2.58. The fourth-order valence-electron chi connectivity index (χ4n) is 4.85. The van der Waals surface area contributed by atoms with Crippen LogP contribution in [-0.2, 0) is 11.2 Å².